The summed E-state index contributed by atoms with van der Waals surface area (Å²) in [5.74, 6) is 0.615. The zero-order chi connectivity index (χ0) is 21.8. The number of aromatic amines is 1. The van der Waals surface area contributed by atoms with Gasteiger partial charge in [-0.15, -0.1) is 0 Å². The van der Waals surface area contributed by atoms with E-state index in [2.05, 4.69) is 29.8 Å². The van der Waals surface area contributed by atoms with Crippen molar-refractivity contribution >= 4 is 11.1 Å². The first-order valence-corrected chi connectivity index (χ1v) is 11.6. The van der Waals surface area contributed by atoms with Gasteiger partial charge in [-0.05, 0) is 92.3 Å². The Balaban J connectivity index is 1.33. The van der Waals surface area contributed by atoms with E-state index in [1.54, 1.807) is 12.1 Å². The number of fused-ring (bicyclic) bond motifs is 1. The number of aromatic nitrogens is 1. The van der Waals surface area contributed by atoms with Crippen LogP contribution in [-0.2, 0) is 6.42 Å². The van der Waals surface area contributed by atoms with Crippen LogP contribution in [0.1, 0.15) is 63.0 Å². The molecule has 166 valence electrons. The van der Waals surface area contributed by atoms with Gasteiger partial charge in [0, 0.05) is 12.6 Å². The van der Waals surface area contributed by atoms with E-state index in [1.807, 2.05) is 24.3 Å². The zero-order valence-electron chi connectivity index (χ0n) is 18.6. The number of H-pyrrole nitrogens is 1. The van der Waals surface area contributed by atoms with Gasteiger partial charge in [0.1, 0.15) is 5.82 Å². The molecule has 4 rings (SSSR count). The highest BCUT2D eigenvalue weighted by atomic mass is 19.1. The van der Waals surface area contributed by atoms with E-state index >= 15 is 0 Å². The van der Waals surface area contributed by atoms with Gasteiger partial charge in [-0.1, -0.05) is 32.0 Å². The van der Waals surface area contributed by atoms with Crippen LogP contribution in [0.2, 0.25) is 0 Å². The average Bonchev–Trinajstić information content (AvgIpc) is 3.13. The number of aryl methyl sites for hydroxylation is 1. The second-order valence-electron chi connectivity index (χ2n) is 9.39. The Kier molecular flexibility index (Phi) is 6.91. The van der Waals surface area contributed by atoms with Crippen molar-refractivity contribution in [2.24, 2.45) is 5.92 Å². The van der Waals surface area contributed by atoms with Gasteiger partial charge in [0.05, 0.1) is 5.52 Å². The van der Waals surface area contributed by atoms with Crippen LogP contribution >= 0.6 is 0 Å². The maximum atomic E-state index is 13.1. The molecule has 0 amide bonds. The molecule has 1 fully saturated rings. The first-order valence-electron chi connectivity index (χ1n) is 11.6. The summed E-state index contributed by atoms with van der Waals surface area (Å²) in [4.78, 5) is 16.8. The van der Waals surface area contributed by atoms with Crippen molar-refractivity contribution in [3.63, 3.8) is 0 Å². The molecule has 0 atom stereocenters. The number of benzene rings is 2. The van der Waals surface area contributed by atoms with E-state index in [1.165, 1.54) is 24.0 Å². The van der Waals surface area contributed by atoms with E-state index in [4.69, 9.17) is 4.42 Å². The Labute approximate surface area is 183 Å². The Hall–Kier alpha value is -2.40. The number of hydrogen-bond acceptors (Lipinski definition) is 3. The van der Waals surface area contributed by atoms with E-state index in [0.717, 1.165) is 44.3 Å². The molecule has 1 aliphatic rings. The van der Waals surface area contributed by atoms with Crippen LogP contribution in [0.3, 0.4) is 0 Å². The molecular weight excluding hydrogens is 391 g/mol. The standard InChI is InChI=1S/C26H33FN2O2/c1-18(2)17-29(15-3-4-19-5-10-22(27)11-6-19)23-12-7-20(8-13-23)21-9-14-24-25(16-21)31-26(30)28-24/h5-6,9-11,14,16,18,20,23H,3-4,7-8,12-13,15,17H2,1-2H3,(H,28,30)/t20-,23-. The number of oxazole rings is 1. The summed E-state index contributed by atoms with van der Waals surface area (Å²) >= 11 is 0. The summed E-state index contributed by atoms with van der Waals surface area (Å²) in [6.07, 6.45) is 6.81. The van der Waals surface area contributed by atoms with Gasteiger partial charge >= 0.3 is 5.76 Å². The van der Waals surface area contributed by atoms with Gasteiger partial charge in [0.25, 0.3) is 0 Å². The van der Waals surface area contributed by atoms with Crippen molar-refractivity contribution in [1.29, 1.82) is 0 Å². The van der Waals surface area contributed by atoms with Crippen molar-refractivity contribution in [3.05, 3.63) is 70.0 Å². The molecule has 1 aliphatic carbocycles. The molecule has 0 spiro atoms. The Morgan fingerprint density at radius 2 is 1.84 bits per heavy atom. The summed E-state index contributed by atoms with van der Waals surface area (Å²) in [5.41, 5.74) is 3.92. The normalized spacial score (nSPS) is 19.5. The molecular formula is C26H33FN2O2. The van der Waals surface area contributed by atoms with Gasteiger partial charge in [-0.25, -0.2) is 9.18 Å². The largest absolute Gasteiger partial charge is 0.417 e. The zero-order valence-corrected chi connectivity index (χ0v) is 18.6. The number of hydrogen-bond donors (Lipinski definition) is 1. The first kappa shape index (κ1) is 21.8. The number of rotatable bonds is 8. The highest BCUT2D eigenvalue weighted by molar-refractivity contribution is 5.72. The van der Waals surface area contributed by atoms with Gasteiger partial charge in [0.15, 0.2) is 5.58 Å². The lowest BCUT2D eigenvalue weighted by Crippen LogP contribution is -2.40. The first-order chi connectivity index (χ1) is 15.0. The number of nitrogens with one attached hydrogen (secondary N) is 1. The molecule has 0 aliphatic heterocycles. The highest BCUT2D eigenvalue weighted by Crippen LogP contribution is 2.36. The van der Waals surface area contributed by atoms with Crippen LogP contribution in [0.4, 0.5) is 4.39 Å². The highest BCUT2D eigenvalue weighted by Gasteiger charge is 2.27. The molecule has 4 nitrogen and oxygen atoms in total. The van der Waals surface area contributed by atoms with E-state index in [0.29, 0.717) is 23.5 Å². The fourth-order valence-corrected chi connectivity index (χ4v) is 5.02. The third-order valence-electron chi connectivity index (χ3n) is 6.55. The van der Waals surface area contributed by atoms with Crippen LogP contribution < -0.4 is 5.76 Å². The lowest BCUT2D eigenvalue weighted by atomic mass is 9.81. The van der Waals surface area contributed by atoms with E-state index < -0.39 is 0 Å². The molecule has 2 aromatic carbocycles. The second-order valence-corrected chi connectivity index (χ2v) is 9.39. The Morgan fingerprint density at radius 1 is 1.10 bits per heavy atom. The molecule has 0 bridgehead atoms. The van der Waals surface area contributed by atoms with Crippen LogP contribution in [0, 0.1) is 11.7 Å². The average molecular weight is 425 g/mol. The second kappa shape index (κ2) is 9.82. The summed E-state index contributed by atoms with van der Waals surface area (Å²) in [7, 11) is 0. The molecule has 1 aromatic heterocycles. The van der Waals surface area contributed by atoms with E-state index in [-0.39, 0.29) is 11.6 Å². The minimum Gasteiger partial charge on any atom is -0.408 e. The van der Waals surface area contributed by atoms with Crippen molar-refractivity contribution in [3.8, 4) is 0 Å². The monoisotopic (exact) mass is 424 g/mol. The molecule has 1 heterocycles. The molecule has 1 saturated carbocycles. The van der Waals surface area contributed by atoms with Crippen LogP contribution in [-0.4, -0.2) is 29.0 Å². The molecule has 31 heavy (non-hydrogen) atoms. The van der Waals surface area contributed by atoms with Gasteiger partial charge < -0.3 is 9.32 Å². The van der Waals surface area contributed by atoms with Crippen LogP contribution in [0.15, 0.2) is 51.7 Å². The predicted molar refractivity (Wildman–Crippen MR) is 123 cm³/mol. The lowest BCUT2D eigenvalue weighted by Gasteiger charge is -2.38. The molecule has 0 saturated heterocycles. The summed E-state index contributed by atoms with van der Waals surface area (Å²) in [6.45, 7) is 6.79. The molecule has 3 aromatic rings. The summed E-state index contributed by atoms with van der Waals surface area (Å²) < 4.78 is 18.4. The van der Waals surface area contributed by atoms with Gasteiger partial charge in [-0.2, -0.15) is 0 Å². The van der Waals surface area contributed by atoms with Crippen molar-refractivity contribution in [2.75, 3.05) is 13.1 Å². The van der Waals surface area contributed by atoms with Crippen LogP contribution in [0.25, 0.3) is 11.1 Å². The third-order valence-corrected chi connectivity index (χ3v) is 6.55. The Bertz CT molecular complexity index is 1030. The van der Waals surface area contributed by atoms with Crippen molar-refractivity contribution in [2.45, 2.75) is 64.3 Å². The van der Waals surface area contributed by atoms with Crippen molar-refractivity contribution < 1.29 is 8.81 Å². The molecule has 1 N–H and O–H groups in total. The predicted octanol–water partition coefficient (Wildman–Crippen LogP) is 5.88. The number of halogens is 1. The molecule has 5 heteroatoms. The minimum atomic E-state index is -0.388. The minimum absolute atomic E-state index is 0.167. The summed E-state index contributed by atoms with van der Waals surface area (Å²) in [6, 6.07) is 13.7. The fourth-order valence-electron chi connectivity index (χ4n) is 5.02. The fraction of sp³-hybridized carbons (Fsp3) is 0.500. The smallest absolute Gasteiger partial charge is 0.408 e. The SMILES string of the molecule is CC(C)CN(CCCc1ccc(F)cc1)[C@H]1CC[C@H](c2ccc3[nH]c(=O)oc3c2)CC1. The maximum absolute atomic E-state index is 13.1. The maximum Gasteiger partial charge on any atom is 0.417 e. The van der Waals surface area contributed by atoms with Crippen LogP contribution in [0.5, 0.6) is 0 Å². The van der Waals surface area contributed by atoms with E-state index in [9.17, 15) is 9.18 Å². The number of nitrogens with zero attached hydrogens (tertiary/aromatic N) is 1. The third kappa shape index (κ3) is 5.65. The quantitative estimate of drug-likeness (QED) is 0.491. The lowest BCUT2D eigenvalue weighted by molar-refractivity contribution is 0.132. The topological polar surface area (TPSA) is 49.2 Å². The molecule has 0 unspecified atom stereocenters. The molecule has 0 radical (unpaired) electrons. The van der Waals surface area contributed by atoms with Gasteiger partial charge in [0.2, 0.25) is 0 Å². The Morgan fingerprint density at radius 3 is 2.55 bits per heavy atom. The summed E-state index contributed by atoms with van der Waals surface area (Å²) in [5, 5.41) is 0. The van der Waals surface area contributed by atoms with Crippen molar-refractivity contribution in [1.82, 2.24) is 9.88 Å². The van der Waals surface area contributed by atoms with Gasteiger partial charge in [-0.3, -0.25) is 4.98 Å².